The van der Waals surface area contributed by atoms with E-state index in [1.165, 1.54) is 0 Å². The molecule has 4 heteroatoms. The van der Waals surface area contributed by atoms with Gasteiger partial charge in [-0.1, -0.05) is 12.1 Å². The Bertz CT molecular complexity index is 378. The predicted octanol–water partition coefficient (Wildman–Crippen LogP) is 0.922. The highest BCUT2D eigenvalue weighted by molar-refractivity contribution is 5.75. The highest BCUT2D eigenvalue weighted by Gasteiger charge is 2.33. The molecule has 2 atom stereocenters. The molecule has 1 saturated heterocycles. The normalized spacial score (nSPS) is 25.3. The van der Waals surface area contributed by atoms with E-state index in [-0.39, 0.29) is 11.7 Å². The molecule has 0 saturated carbocycles. The number of aliphatic carboxylic acids is 1. The van der Waals surface area contributed by atoms with Crippen molar-refractivity contribution in [3.8, 4) is 5.75 Å². The first kappa shape index (κ1) is 9.98. The van der Waals surface area contributed by atoms with Gasteiger partial charge in [0.1, 0.15) is 11.8 Å². The van der Waals surface area contributed by atoms with Crippen LogP contribution in [-0.2, 0) is 4.79 Å². The van der Waals surface area contributed by atoms with Crippen LogP contribution in [-0.4, -0.2) is 28.8 Å². The second-order valence-electron chi connectivity index (χ2n) is 3.76. The quantitative estimate of drug-likeness (QED) is 0.674. The molecule has 2 rings (SSSR count). The van der Waals surface area contributed by atoms with Gasteiger partial charge in [0.2, 0.25) is 0 Å². The Morgan fingerprint density at radius 3 is 2.93 bits per heavy atom. The first-order valence-corrected chi connectivity index (χ1v) is 4.93. The molecule has 1 aliphatic heterocycles. The molecule has 3 N–H and O–H groups in total. The van der Waals surface area contributed by atoms with E-state index in [4.69, 9.17) is 5.11 Å². The van der Waals surface area contributed by atoms with Gasteiger partial charge in [0.25, 0.3) is 0 Å². The highest BCUT2D eigenvalue weighted by Crippen LogP contribution is 2.29. The largest absolute Gasteiger partial charge is 0.508 e. The van der Waals surface area contributed by atoms with Crippen LogP contribution < -0.4 is 5.32 Å². The highest BCUT2D eigenvalue weighted by atomic mass is 16.4. The van der Waals surface area contributed by atoms with E-state index in [2.05, 4.69) is 5.32 Å². The Morgan fingerprint density at radius 2 is 2.27 bits per heavy atom. The van der Waals surface area contributed by atoms with Crippen LogP contribution in [0.1, 0.15) is 17.9 Å². The summed E-state index contributed by atoms with van der Waals surface area (Å²) in [6.07, 6.45) is 0.792. The van der Waals surface area contributed by atoms with Crippen molar-refractivity contribution in [1.82, 2.24) is 5.32 Å². The summed E-state index contributed by atoms with van der Waals surface area (Å²) >= 11 is 0. The number of nitrogens with one attached hydrogen (secondary N) is 1. The van der Waals surface area contributed by atoms with Crippen LogP contribution in [0, 0.1) is 0 Å². The second-order valence-corrected chi connectivity index (χ2v) is 3.76. The lowest BCUT2D eigenvalue weighted by Crippen LogP contribution is -2.34. The van der Waals surface area contributed by atoms with Crippen molar-refractivity contribution in [2.75, 3.05) is 6.54 Å². The molecule has 4 nitrogen and oxygen atoms in total. The van der Waals surface area contributed by atoms with Gasteiger partial charge in [-0.3, -0.25) is 4.79 Å². The molecule has 1 aliphatic rings. The van der Waals surface area contributed by atoms with E-state index < -0.39 is 12.0 Å². The zero-order chi connectivity index (χ0) is 10.8. The van der Waals surface area contributed by atoms with Crippen LogP contribution in [0.3, 0.4) is 0 Å². The molecule has 0 amide bonds. The fourth-order valence-electron chi connectivity index (χ4n) is 2.08. The lowest BCUT2D eigenvalue weighted by molar-refractivity contribution is -0.139. The number of benzene rings is 1. The molecule has 1 heterocycles. The summed E-state index contributed by atoms with van der Waals surface area (Å²) in [5.74, 6) is -0.695. The molecule has 1 aromatic rings. The van der Waals surface area contributed by atoms with Gasteiger partial charge in [-0.05, 0) is 30.7 Å². The van der Waals surface area contributed by atoms with Gasteiger partial charge < -0.3 is 15.5 Å². The van der Waals surface area contributed by atoms with E-state index in [1.807, 2.05) is 6.07 Å². The van der Waals surface area contributed by atoms with Crippen LogP contribution >= 0.6 is 0 Å². The molecule has 0 radical (unpaired) electrons. The van der Waals surface area contributed by atoms with Gasteiger partial charge in [-0.15, -0.1) is 0 Å². The van der Waals surface area contributed by atoms with Gasteiger partial charge in [0.15, 0.2) is 0 Å². The first-order chi connectivity index (χ1) is 7.18. The van der Waals surface area contributed by atoms with Crippen LogP contribution in [0.15, 0.2) is 24.3 Å². The third kappa shape index (κ3) is 1.94. The molecule has 0 spiro atoms. The third-order valence-electron chi connectivity index (χ3n) is 2.79. The fourth-order valence-corrected chi connectivity index (χ4v) is 2.08. The number of hydrogen-bond acceptors (Lipinski definition) is 3. The average Bonchev–Trinajstić information content (AvgIpc) is 2.65. The van der Waals surface area contributed by atoms with Crippen molar-refractivity contribution in [2.45, 2.75) is 18.4 Å². The molecule has 0 aliphatic carbocycles. The predicted molar refractivity (Wildman–Crippen MR) is 54.9 cm³/mol. The summed E-state index contributed by atoms with van der Waals surface area (Å²) in [4.78, 5) is 10.9. The minimum atomic E-state index is -0.833. The Morgan fingerprint density at radius 1 is 1.47 bits per heavy atom. The second kappa shape index (κ2) is 3.90. The number of carboxylic acids is 1. The third-order valence-corrected chi connectivity index (χ3v) is 2.79. The Kier molecular flexibility index (Phi) is 2.60. The van der Waals surface area contributed by atoms with Gasteiger partial charge in [0, 0.05) is 5.92 Å². The molecular weight excluding hydrogens is 194 g/mol. The number of aromatic hydroxyl groups is 1. The Balaban J connectivity index is 2.26. The van der Waals surface area contributed by atoms with Gasteiger partial charge in [-0.25, -0.2) is 0 Å². The summed E-state index contributed by atoms with van der Waals surface area (Å²) in [7, 11) is 0. The molecule has 0 aromatic heterocycles. The average molecular weight is 207 g/mol. The number of carbonyl (C=O) groups is 1. The fraction of sp³-hybridized carbons (Fsp3) is 0.364. The Hall–Kier alpha value is -1.55. The maximum atomic E-state index is 10.9. The number of hydrogen-bond donors (Lipinski definition) is 3. The van der Waals surface area contributed by atoms with E-state index in [1.54, 1.807) is 18.2 Å². The number of rotatable bonds is 2. The number of carboxylic acid groups (broad SMARTS) is 1. The minimum Gasteiger partial charge on any atom is -0.508 e. The molecule has 0 unspecified atom stereocenters. The van der Waals surface area contributed by atoms with Crippen molar-refractivity contribution in [3.05, 3.63) is 29.8 Å². The maximum absolute atomic E-state index is 10.9. The molecular formula is C11H13NO3. The van der Waals surface area contributed by atoms with Crippen molar-refractivity contribution < 1.29 is 15.0 Å². The summed E-state index contributed by atoms with van der Waals surface area (Å²) in [5, 5.41) is 21.3. The van der Waals surface area contributed by atoms with E-state index in [0.29, 0.717) is 6.54 Å². The van der Waals surface area contributed by atoms with E-state index >= 15 is 0 Å². The van der Waals surface area contributed by atoms with Gasteiger partial charge in [0.05, 0.1) is 0 Å². The minimum absolute atomic E-state index is 0.0467. The van der Waals surface area contributed by atoms with Crippen molar-refractivity contribution in [1.29, 1.82) is 0 Å². The zero-order valence-corrected chi connectivity index (χ0v) is 8.18. The topological polar surface area (TPSA) is 69.6 Å². The van der Waals surface area contributed by atoms with Crippen molar-refractivity contribution in [2.24, 2.45) is 0 Å². The molecule has 15 heavy (non-hydrogen) atoms. The Labute approximate surface area is 87.6 Å². The lowest BCUT2D eigenvalue weighted by Gasteiger charge is -2.15. The van der Waals surface area contributed by atoms with Crippen LogP contribution in [0.4, 0.5) is 0 Å². The standard InChI is InChI=1S/C11H13NO3/c13-8-3-1-2-7(6-8)9-4-5-12-10(9)11(14)15/h1-3,6,9-10,12-13H,4-5H2,(H,14,15)/t9-,10-/m0/s1. The summed E-state index contributed by atoms with van der Waals surface area (Å²) in [6, 6.07) is 6.27. The van der Waals surface area contributed by atoms with Crippen LogP contribution in [0.5, 0.6) is 5.75 Å². The summed E-state index contributed by atoms with van der Waals surface area (Å²) < 4.78 is 0. The summed E-state index contributed by atoms with van der Waals surface area (Å²) in [5.41, 5.74) is 0.882. The smallest absolute Gasteiger partial charge is 0.321 e. The summed E-state index contributed by atoms with van der Waals surface area (Å²) in [6.45, 7) is 0.706. The van der Waals surface area contributed by atoms with Crippen LogP contribution in [0.25, 0.3) is 0 Å². The van der Waals surface area contributed by atoms with Crippen molar-refractivity contribution >= 4 is 5.97 Å². The van der Waals surface area contributed by atoms with E-state index in [9.17, 15) is 9.90 Å². The van der Waals surface area contributed by atoms with Crippen LogP contribution in [0.2, 0.25) is 0 Å². The van der Waals surface area contributed by atoms with Gasteiger partial charge >= 0.3 is 5.97 Å². The molecule has 1 aromatic carbocycles. The van der Waals surface area contributed by atoms with Gasteiger partial charge in [-0.2, -0.15) is 0 Å². The monoisotopic (exact) mass is 207 g/mol. The maximum Gasteiger partial charge on any atom is 0.321 e. The first-order valence-electron chi connectivity index (χ1n) is 4.93. The number of phenolic OH excluding ortho intramolecular Hbond substituents is 1. The molecule has 1 fully saturated rings. The van der Waals surface area contributed by atoms with E-state index in [0.717, 1.165) is 12.0 Å². The molecule has 80 valence electrons. The number of phenols is 1. The SMILES string of the molecule is O=C(O)[C@H]1NCC[C@H]1c1cccc(O)c1. The lowest BCUT2D eigenvalue weighted by atomic mass is 9.92. The molecule has 0 bridgehead atoms. The van der Waals surface area contributed by atoms with Crippen molar-refractivity contribution in [3.63, 3.8) is 0 Å². The zero-order valence-electron chi connectivity index (χ0n) is 8.18.